The van der Waals surface area contributed by atoms with Crippen LogP contribution in [0.4, 0.5) is 0 Å². The number of rotatable bonds is 53. The van der Waals surface area contributed by atoms with Crippen molar-refractivity contribution in [3.63, 3.8) is 0 Å². The van der Waals surface area contributed by atoms with Crippen molar-refractivity contribution in [2.24, 2.45) is 0 Å². The van der Waals surface area contributed by atoms with Gasteiger partial charge in [-0.2, -0.15) is 0 Å². The number of carbonyl (C=O) groups excluding carboxylic acids is 1. The monoisotopic (exact) mass is 1040 g/mol. The maximum atomic E-state index is 13.0. The Kier molecular flexibility index (Phi) is 51.9. The topological polar surface area (TPSA) is 108 Å². The van der Waals surface area contributed by atoms with Crippen molar-refractivity contribution in [2.75, 3.05) is 40.9 Å². The van der Waals surface area contributed by atoms with E-state index in [0.717, 1.165) is 83.5 Å². The summed E-state index contributed by atoms with van der Waals surface area (Å²) in [6.07, 6.45) is 78.4. The van der Waals surface area contributed by atoms with Crippen LogP contribution in [0.5, 0.6) is 0 Å². The molecule has 2 N–H and O–H groups in total. The average Bonchev–Trinajstić information content (AvgIpc) is 3.35. The van der Waals surface area contributed by atoms with E-state index in [1.54, 1.807) is 0 Å². The van der Waals surface area contributed by atoms with E-state index >= 15 is 0 Å². The minimum atomic E-state index is -4.60. The predicted molar refractivity (Wildman–Crippen MR) is 316 cm³/mol. The fourth-order valence-electron chi connectivity index (χ4n) is 8.16. The predicted octanol–water partition coefficient (Wildman–Crippen LogP) is 17.7. The zero-order chi connectivity index (χ0) is 53.5. The molecule has 0 rings (SSSR count). The highest BCUT2D eigenvalue weighted by Crippen LogP contribution is 2.38. The lowest BCUT2D eigenvalue weighted by Gasteiger charge is -2.30. The van der Waals surface area contributed by atoms with Crippen molar-refractivity contribution < 1.29 is 32.9 Å². The Balaban J connectivity index is 4.32. The van der Waals surface area contributed by atoms with Gasteiger partial charge in [0.1, 0.15) is 13.2 Å². The van der Waals surface area contributed by atoms with Crippen LogP contribution in [-0.4, -0.2) is 68.5 Å². The van der Waals surface area contributed by atoms with Crippen LogP contribution in [-0.2, 0) is 18.4 Å². The Labute approximate surface area is 451 Å². The summed E-state index contributed by atoms with van der Waals surface area (Å²) >= 11 is 0. The van der Waals surface area contributed by atoms with Crippen LogP contribution in [0.25, 0.3) is 0 Å². The van der Waals surface area contributed by atoms with Gasteiger partial charge in [0.25, 0.3) is 7.82 Å². The Bertz CT molecular complexity index is 1550. The second-order valence-corrected chi connectivity index (χ2v) is 22.4. The van der Waals surface area contributed by atoms with Gasteiger partial charge in [-0.3, -0.25) is 9.36 Å². The molecule has 0 aromatic rings. The SMILES string of the molecule is CC/C=C\C/C=C\C/C=C\C/C=C\C/C=C\C/C=C\C/C=C\C/C=C\C/C=C\CCCC(=O)NC(COP(=O)([O-])OCC[N+](C)(C)C)C(O)CCCCCCCCCCCCCCCCCCCCCCCC. The third-order valence-electron chi connectivity index (χ3n) is 12.8. The lowest BCUT2D eigenvalue weighted by atomic mass is 10.0. The molecule has 0 aliphatic heterocycles. The van der Waals surface area contributed by atoms with Gasteiger partial charge in [0.15, 0.2) is 0 Å². The number of aliphatic hydroxyl groups is 1. The minimum absolute atomic E-state index is 0.00455. The van der Waals surface area contributed by atoms with Gasteiger partial charge in [0, 0.05) is 6.42 Å². The van der Waals surface area contributed by atoms with Gasteiger partial charge >= 0.3 is 0 Å². The van der Waals surface area contributed by atoms with Gasteiger partial charge < -0.3 is 28.8 Å². The van der Waals surface area contributed by atoms with Crippen molar-refractivity contribution in [1.29, 1.82) is 0 Å². The summed E-state index contributed by atoms with van der Waals surface area (Å²) in [5.74, 6) is -0.225. The molecule has 0 aromatic heterocycles. The number of aliphatic hydroxyl groups excluding tert-OH is 1. The number of amides is 1. The Morgan fingerprint density at radius 1 is 0.493 bits per heavy atom. The van der Waals surface area contributed by atoms with E-state index in [-0.39, 0.29) is 25.5 Å². The molecular weight excluding hydrogens is 924 g/mol. The Morgan fingerprint density at radius 2 is 0.822 bits per heavy atom. The molecule has 8 nitrogen and oxygen atoms in total. The molecule has 0 radical (unpaired) electrons. The number of nitrogens with zero attached hydrogens (tertiary/aromatic N) is 1. The molecule has 0 saturated carbocycles. The first kappa shape index (κ1) is 70.2. The number of hydrogen-bond acceptors (Lipinski definition) is 6. The molecule has 73 heavy (non-hydrogen) atoms. The van der Waals surface area contributed by atoms with Crippen LogP contribution < -0.4 is 10.2 Å². The lowest BCUT2D eigenvalue weighted by molar-refractivity contribution is -0.870. The van der Waals surface area contributed by atoms with Crippen LogP contribution >= 0.6 is 7.82 Å². The van der Waals surface area contributed by atoms with E-state index in [9.17, 15) is 19.4 Å². The van der Waals surface area contributed by atoms with E-state index in [1.807, 2.05) is 21.1 Å². The molecular formula is C64H113N2O6P. The quantitative estimate of drug-likeness (QED) is 0.0272. The van der Waals surface area contributed by atoms with Crippen LogP contribution in [0, 0.1) is 0 Å². The van der Waals surface area contributed by atoms with Crippen molar-refractivity contribution in [3.8, 4) is 0 Å². The number of hydrogen-bond donors (Lipinski definition) is 2. The first-order valence-electron chi connectivity index (χ1n) is 29.7. The van der Waals surface area contributed by atoms with E-state index in [1.165, 1.54) is 122 Å². The number of phosphoric ester groups is 1. The zero-order valence-electron chi connectivity index (χ0n) is 47.8. The molecule has 0 aliphatic carbocycles. The van der Waals surface area contributed by atoms with Crippen LogP contribution in [0.3, 0.4) is 0 Å². The first-order chi connectivity index (χ1) is 35.5. The summed E-state index contributed by atoms with van der Waals surface area (Å²) in [4.78, 5) is 25.5. The van der Waals surface area contributed by atoms with Crippen molar-refractivity contribution >= 4 is 13.7 Å². The summed E-state index contributed by atoms with van der Waals surface area (Å²) in [6.45, 7) is 4.57. The summed E-state index contributed by atoms with van der Waals surface area (Å²) in [5, 5.41) is 14.0. The van der Waals surface area contributed by atoms with Crippen molar-refractivity contribution in [2.45, 2.75) is 251 Å². The molecule has 0 fully saturated rings. The maximum absolute atomic E-state index is 13.0. The standard InChI is InChI=1S/C64H113N2O6P/c1-6-8-10-12-14-16-18-20-22-24-26-28-30-31-32-33-34-35-36-38-40-42-44-46-48-50-52-54-56-58-64(68)65-62(61-72-73(69,70)71-60-59-66(3,4)5)63(67)57-55-53-51-49-47-45-43-41-39-37-29-27-25-23-21-19-17-15-13-11-9-7-2/h8,10,14,16,20,22,26,28,31-32,34-35,38,40,44,46,50,52,62-63,67H,6-7,9,11-13,15,17-19,21,23-25,27,29-30,33,36-37,39,41-43,45,47-49,51,53-61H2,1-5H3,(H-,65,68,69,70)/b10-8-,16-14-,22-20-,28-26-,32-31-,35-34-,40-38-,46-44-,52-50-. The Morgan fingerprint density at radius 3 is 1.16 bits per heavy atom. The van der Waals surface area contributed by atoms with Gasteiger partial charge in [0.2, 0.25) is 5.91 Å². The number of unbranched alkanes of at least 4 members (excludes halogenated alkanes) is 22. The van der Waals surface area contributed by atoms with Crippen molar-refractivity contribution in [1.82, 2.24) is 5.32 Å². The van der Waals surface area contributed by atoms with Gasteiger partial charge in [-0.05, 0) is 77.0 Å². The molecule has 420 valence electrons. The highest BCUT2D eigenvalue weighted by atomic mass is 31.2. The molecule has 1 amide bonds. The van der Waals surface area contributed by atoms with Gasteiger partial charge in [-0.25, -0.2) is 0 Å². The second kappa shape index (κ2) is 54.0. The molecule has 9 heteroatoms. The molecule has 0 aromatic carbocycles. The highest BCUT2D eigenvalue weighted by Gasteiger charge is 2.24. The largest absolute Gasteiger partial charge is 0.756 e. The average molecular weight is 1040 g/mol. The smallest absolute Gasteiger partial charge is 0.268 e. The molecule has 0 spiro atoms. The van der Waals surface area contributed by atoms with Crippen LogP contribution in [0.1, 0.15) is 239 Å². The number of likely N-dealkylation sites (N-methyl/N-ethyl adjacent to an activating group) is 1. The summed E-state index contributed by atoms with van der Waals surface area (Å²) in [7, 11) is 1.25. The molecule has 0 aliphatic rings. The maximum Gasteiger partial charge on any atom is 0.268 e. The van der Waals surface area contributed by atoms with Crippen molar-refractivity contribution in [3.05, 3.63) is 109 Å². The van der Waals surface area contributed by atoms with E-state index < -0.39 is 20.0 Å². The van der Waals surface area contributed by atoms with Crippen LogP contribution in [0.15, 0.2) is 109 Å². The van der Waals surface area contributed by atoms with Crippen LogP contribution in [0.2, 0.25) is 0 Å². The normalized spacial score (nSPS) is 14.7. The first-order valence-corrected chi connectivity index (χ1v) is 31.2. The third-order valence-corrected chi connectivity index (χ3v) is 13.7. The van der Waals surface area contributed by atoms with E-state index in [2.05, 4.69) is 129 Å². The van der Waals surface area contributed by atoms with Gasteiger partial charge in [-0.1, -0.05) is 264 Å². The molecule has 0 bridgehead atoms. The number of nitrogens with one attached hydrogen (secondary N) is 1. The number of quaternary nitrogens is 1. The molecule has 3 unspecified atom stereocenters. The molecule has 0 heterocycles. The third kappa shape index (κ3) is 56.7. The highest BCUT2D eigenvalue weighted by molar-refractivity contribution is 7.45. The van der Waals surface area contributed by atoms with Gasteiger partial charge in [-0.15, -0.1) is 0 Å². The van der Waals surface area contributed by atoms with E-state index in [0.29, 0.717) is 23.9 Å². The number of carbonyl (C=O) groups is 1. The zero-order valence-corrected chi connectivity index (χ0v) is 48.7. The fraction of sp³-hybridized carbons (Fsp3) is 0.703. The summed E-state index contributed by atoms with van der Waals surface area (Å²) < 4.78 is 23.4. The minimum Gasteiger partial charge on any atom is -0.756 e. The molecule has 3 atom stereocenters. The number of phosphoric acid groups is 1. The fourth-order valence-corrected chi connectivity index (χ4v) is 8.88. The lowest BCUT2D eigenvalue weighted by Crippen LogP contribution is -2.46. The number of allylic oxidation sites excluding steroid dienone is 18. The molecule has 0 saturated heterocycles. The van der Waals surface area contributed by atoms with E-state index in [4.69, 9.17) is 9.05 Å². The summed E-state index contributed by atoms with van der Waals surface area (Å²) in [5.41, 5.74) is 0. The second-order valence-electron chi connectivity index (χ2n) is 21.0. The van der Waals surface area contributed by atoms with Gasteiger partial charge in [0.05, 0.1) is 39.9 Å². The Hall–Kier alpha value is -2.84. The summed E-state index contributed by atoms with van der Waals surface area (Å²) in [6, 6.07) is -0.841.